The second-order valence-corrected chi connectivity index (χ2v) is 7.23. The highest BCUT2D eigenvalue weighted by Gasteiger charge is 2.17. The number of phenols is 1. The molecular formula is C23H22O3. The highest BCUT2D eigenvalue weighted by atomic mass is 16.5. The average Bonchev–Trinajstić information content (AvgIpc) is 2.62. The maximum atomic E-state index is 12.4. The Morgan fingerprint density at radius 2 is 1.46 bits per heavy atom. The van der Waals surface area contributed by atoms with Gasteiger partial charge in [0.2, 0.25) is 0 Å². The molecule has 0 radical (unpaired) electrons. The molecule has 0 heterocycles. The smallest absolute Gasteiger partial charge is 0.347 e. The van der Waals surface area contributed by atoms with Gasteiger partial charge in [-0.15, -0.1) is 0 Å². The molecule has 0 aliphatic heterocycles. The number of rotatable bonds is 3. The van der Waals surface area contributed by atoms with E-state index in [1.54, 1.807) is 24.3 Å². The highest BCUT2D eigenvalue weighted by molar-refractivity contribution is 5.94. The molecule has 0 aromatic heterocycles. The van der Waals surface area contributed by atoms with Crippen molar-refractivity contribution in [3.05, 3.63) is 83.9 Å². The number of ether oxygens (including phenoxy) is 1. The van der Waals surface area contributed by atoms with Crippen molar-refractivity contribution in [2.24, 2.45) is 0 Å². The minimum atomic E-state index is -0.582. The van der Waals surface area contributed by atoms with Crippen LogP contribution in [0.25, 0.3) is 11.1 Å². The predicted molar refractivity (Wildman–Crippen MR) is 104 cm³/mol. The fourth-order valence-corrected chi connectivity index (χ4v) is 2.75. The van der Waals surface area contributed by atoms with Gasteiger partial charge < -0.3 is 9.84 Å². The number of carbonyl (C=O) groups is 1. The molecular weight excluding hydrogens is 324 g/mol. The van der Waals surface area contributed by atoms with Crippen LogP contribution in [0.3, 0.4) is 0 Å². The molecule has 3 aromatic carbocycles. The molecule has 3 aromatic rings. The lowest BCUT2D eigenvalue weighted by Crippen LogP contribution is -2.10. The van der Waals surface area contributed by atoms with E-state index in [0.717, 1.165) is 11.1 Å². The Morgan fingerprint density at radius 3 is 2.12 bits per heavy atom. The Hall–Kier alpha value is -3.07. The standard InChI is InChI=1S/C23H22O3/c1-23(2,3)17-14-12-16(13-15-17)18-8-5-7-11-21(18)26-22(25)19-9-4-6-10-20(19)24/h4-15,24H,1-3H3. The third-order valence-electron chi connectivity index (χ3n) is 4.28. The fourth-order valence-electron chi connectivity index (χ4n) is 2.75. The molecule has 3 rings (SSSR count). The molecule has 0 fully saturated rings. The van der Waals surface area contributed by atoms with Crippen LogP contribution in [0.15, 0.2) is 72.8 Å². The van der Waals surface area contributed by atoms with E-state index in [1.807, 2.05) is 30.3 Å². The topological polar surface area (TPSA) is 46.5 Å². The largest absolute Gasteiger partial charge is 0.507 e. The van der Waals surface area contributed by atoms with E-state index >= 15 is 0 Å². The summed E-state index contributed by atoms with van der Waals surface area (Å²) in [6, 6.07) is 22.0. The fraction of sp³-hybridized carbons (Fsp3) is 0.174. The second-order valence-electron chi connectivity index (χ2n) is 7.23. The van der Waals surface area contributed by atoms with Crippen LogP contribution in [0.2, 0.25) is 0 Å². The molecule has 3 heteroatoms. The van der Waals surface area contributed by atoms with E-state index in [4.69, 9.17) is 4.74 Å². The summed E-state index contributed by atoms with van der Waals surface area (Å²) in [4.78, 5) is 12.4. The summed E-state index contributed by atoms with van der Waals surface area (Å²) in [5.41, 5.74) is 3.26. The number of para-hydroxylation sites is 2. The van der Waals surface area contributed by atoms with Gasteiger partial charge in [-0.1, -0.05) is 75.4 Å². The van der Waals surface area contributed by atoms with Crippen LogP contribution in [-0.2, 0) is 5.41 Å². The van der Waals surface area contributed by atoms with E-state index in [2.05, 4.69) is 32.9 Å². The molecule has 0 bridgehead atoms. The van der Waals surface area contributed by atoms with Crippen LogP contribution in [-0.4, -0.2) is 11.1 Å². The van der Waals surface area contributed by atoms with Gasteiger partial charge in [-0.25, -0.2) is 4.79 Å². The average molecular weight is 346 g/mol. The Morgan fingerprint density at radius 1 is 0.846 bits per heavy atom. The van der Waals surface area contributed by atoms with Gasteiger partial charge in [-0.3, -0.25) is 0 Å². The first kappa shape index (κ1) is 17.7. The van der Waals surface area contributed by atoms with Crippen LogP contribution in [0, 0.1) is 0 Å². The molecule has 0 aliphatic carbocycles. The number of esters is 1. The van der Waals surface area contributed by atoms with Crippen molar-refractivity contribution < 1.29 is 14.6 Å². The maximum Gasteiger partial charge on any atom is 0.347 e. The lowest BCUT2D eigenvalue weighted by Gasteiger charge is -2.19. The van der Waals surface area contributed by atoms with Gasteiger partial charge in [0, 0.05) is 5.56 Å². The molecule has 0 amide bonds. The van der Waals surface area contributed by atoms with E-state index in [-0.39, 0.29) is 16.7 Å². The SMILES string of the molecule is CC(C)(C)c1ccc(-c2ccccc2OC(=O)c2ccccc2O)cc1. The molecule has 0 spiro atoms. The molecule has 0 unspecified atom stereocenters. The molecule has 1 N–H and O–H groups in total. The number of hydrogen-bond donors (Lipinski definition) is 1. The van der Waals surface area contributed by atoms with E-state index in [0.29, 0.717) is 5.75 Å². The van der Waals surface area contributed by atoms with Crippen molar-refractivity contribution in [2.75, 3.05) is 0 Å². The highest BCUT2D eigenvalue weighted by Crippen LogP contribution is 2.32. The zero-order valence-corrected chi connectivity index (χ0v) is 15.2. The molecule has 0 saturated carbocycles. The number of hydrogen-bond acceptors (Lipinski definition) is 3. The summed E-state index contributed by atoms with van der Waals surface area (Å²) in [7, 11) is 0. The number of carbonyl (C=O) groups excluding carboxylic acids is 1. The summed E-state index contributed by atoms with van der Waals surface area (Å²) in [6.45, 7) is 6.51. The third-order valence-corrected chi connectivity index (χ3v) is 4.28. The Bertz CT molecular complexity index is 919. The van der Waals surface area contributed by atoms with Gasteiger partial charge in [0.15, 0.2) is 0 Å². The van der Waals surface area contributed by atoms with Gasteiger partial charge in [-0.2, -0.15) is 0 Å². The predicted octanol–water partition coefficient (Wildman–Crippen LogP) is 5.58. The number of phenolic OH excluding ortho intramolecular Hbond substituents is 1. The number of aromatic hydroxyl groups is 1. The first-order valence-electron chi connectivity index (χ1n) is 8.56. The first-order chi connectivity index (χ1) is 12.4. The molecule has 132 valence electrons. The molecule has 3 nitrogen and oxygen atoms in total. The summed E-state index contributed by atoms with van der Waals surface area (Å²) < 4.78 is 5.57. The van der Waals surface area contributed by atoms with Crippen LogP contribution < -0.4 is 4.74 Å². The number of benzene rings is 3. The Kier molecular flexibility index (Phi) is 4.81. The monoisotopic (exact) mass is 346 g/mol. The summed E-state index contributed by atoms with van der Waals surface area (Å²) >= 11 is 0. The third kappa shape index (κ3) is 3.77. The van der Waals surface area contributed by atoms with Gasteiger partial charge >= 0.3 is 5.97 Å². The second kappa shape index (κ2) is 7.04. The van der Waals surface area contributed by atoms with E-state index in [1.165, 1.54) is 11.6 Å². The maximum absolute atomic E-state index is 12.4. The van der Waals surface area contributed by atoms with Crippen LogP contribution in [0.1, 0.15) is 36.7 Å². The van der Waals surface area contributed by atoms with Crippen molar-refractivity contribution in [1.82, 2.24) is 0 Å². The minimum absolute atomic E-state index is 0.0787. The molecule has 0 atom stereocenters. The summed E-state index contributed by atoms with van der Waals surface area (Å²) in [5.74, 6) is -0.212. The molecule has 0 saturated heterocycles. The first-order valence-corrected chi connectivity index (χ1v) is 8.56. The summed E-state index contributed by atoms with van der Waals surface area (Å²) in [6.07, 6.45) is 0. The van der Waals surface area contributed by atoms with Gasteiger partial charge in [-0.05, 0) is 34.7 Å². The van der Waals surface area contributed by atoms with Crippen molar-refractivity contribution in [2.45, 2.75) is 26.2 Å². The quantitative estimate of drug-likeness (QED) is 0.498. The van der Waals surface area contributed by atoms with Crippen LogP contribution in [0.4, 0.5) is 0 Å². The van der Waals surface area contributed by atoms with Gasteiger partial charge in [0.05, 0.1) is 0 Å². The Balaban J connectivity index is 1.92. The lowest BCUT2D eigenvalue weighted by molar-refractivity contribution is 0.0732. The van der Waals surface area contributed by atoms with Crippen molar-refractivity contribution >= 4 is 5.97 Å². The normalized spacial score (nSPS) is 11.2. The van der Waals surface area contributed by atoms with E-state index < -0.39 is 5.97 Å². The van der Waals surface area contributed by atoms with Crippen LogP contribution >= 0.6 is 0 Å². The molecule has 26 heavy (non-hydrogen) atoms. The zero-order valence-electron chi connectivity index (χ0n) is 15.2. The summed E-state index contributed by atoms with van der Waals surface area (Å²) in [5, 5.41) is 9.85. The lowest BCUT2D eigenvalue weighted by atomic mass is 9.86. The zero-order chi connectivity index (χ0) is 18.7. The minimum Gasteiger partial charge on any atom is -0.507 e. The van der Waals surface area contributed by atoms with Gasteiger partial charge in [0.25, 0.3) is 0 Å². The van der Waals surface area contributed by atoms with Crippen molar-refractivity contribution in [3.8, 4) is 22.6 Å². The van der Waals surface area contributed by atoms with E-state index in [9.17, 15) is 9.90 Å². The Labute approximate surface area is 153 Å². The van der Waals surface area contributed by atoms with Crippen molar-refractivity contribution in [3.63, 3.8) is 0 Å². The van der Waals surface area contributed by atoms with Crippen molar-refractivity contribution in [1.29, 1.82) is 0 Å². The van der Waals surface area contributed by atoms with Crippen LogP contribution in [0.5, 0.6) is 11.5 Å². The van der Waals surface area contributed by atoms with Gasteiger partial charge in [0.1, 0.15) is 17.1 Å². The molecule has 0 aliphatic rings.